The molecular weight excluding hydrogens is 588 g/mol. The average molecular weight is 629 g/mol. The SMILES string of the molecule is Cc1ccc(S(=O)(=O)N[C@@H](Cc2cccc(NC(=O)C3CCCN3C(=O)OC(C)(C)C)c2)C(=O)OC(=O)[C@@H]2CCCN2)cc1. The van der Waals surface area contributed by atoms with Crippen molar-refractivity contribution in [3.8, 4) is 0 Å². The summed E-state index contributed by atoms with van der Waals surface area (Å²) in [4.78, 5) is 53.0. The molecule has 0 spiro atoms. The summed E-state index contributed by atoms with van der Waals surface area (Å²) in [5.74, 6) is -2.19. The topological polar surface area (TPSA) is 160 Å². The Hall–Kier alpha value is -3.81. The number of hydrogen-bond acceptors (Lipinski definition) is 9. The molecule has 2 aromatic rings. The molecule has 4 rings (SSSR count). The lowest BCUT2D eigenvalue weighted by atomic mass is 10.1. The van der Waals surface area contributed by atoms with E-state index in [-0.39, 0.29) is 11.3 Å². The van der Waals surface area contributed by atoms with Crippen LogP contribution in [-0.2, 0) is 40.3 Å². The van der Waals surface area contributed by atoms with E-state index in [2.05, 4.69) is 15.4 Å². The molecule has 44 heavy (non-hydrogen) atoms. The lowest BCUT2D eigenvalue weighted by Gasteiger charge is -2.28. The van der Waals surface area contributed by atoms with Crippen molar-refractivity contribution >= 4 is 39.6 Å². The molecule has 0 saturated carbocycles. The van der Waals surface area contributed by atoms with Crippen LogP contribution in [0.5, 0.6) is 0 Å². The maximum Gasteiger partial charge on any atom is 0.410 e. The molecule has 2 amide bonds. The second-order valence-corrected chi connectivity index (χ2v) is 13.8. The first-order valence-corrected chi connectivity index (χ1v) is 16.2. The van der Waals surface area contributed by atoms with Gasteiger partial charge in [0.2, 0.25) is 15.9 Å². The molecule has 2 aliphatic heterocycles. The highest BCUT2D eigenvalue weighted by Crippen LogP contribution is 2.23. The van der Waals surface area contributed by atoms with Crippen LogP contribution in [0.2, 0.25) is 0 Å². The number of rotatable bonds is 9. The van der Waals surface area contributed by atoms with Gasteiger partial charge in [-0.25, -0.2) is 22.8 Å². The molecule has 1 unspecified atom stereocenters. The molecule has 2 aliphatic rings. The Morgan fingerprint density at radius 2 is 1.77 bits per heavy atom. The zero-order valence-electron chi connectivity index (χ0n) is 25.4. The first-order valence-electron chi connectivity index (χ1n) is 14.7. The fourth-order valence-corrected chi connectivity index (χ4v) is 6.27. The molecule has 238 valence electrons. The molecule has 0 radical (unpaired) electrons. The summed E-state index contributed by atoms with van der Waals surface area (Å²) >= 11 is 0. The van der Waals surface area contributed by atoms with E-state index in [1.165, 1.54) is 17.0 Å². The lowest BCUT2D eigenvalue weighted by molar-refractivity contribution is -0.162. The Morgan fingerprint density at radius 1 is 1.05 bits per heavy atom. The molecule has 3 atom stereocenters. The molecule has 2 heterocycles. The number of anilines is 1. The van der Waals surface area contributed by atoms with E-state index in [4.69, 9.17) is 9.47 Å². The summed E-state index contributed by atoms with van der Waals surface area (Å²) in [5, 5.41) is 5.78. The number of hydrogen-bond donors (Lipinski definition) is 3. The van der Waals surface area contributed by atoms with Gasteiger partial charge in [0, 0.05) is 12.2 Å². The van der Waals surface area contributed by atoms with Gasteiger partial charge in [-0.15, -0.1) is 0 Å². The summed E-state index contributed by atoms with van der Waals surface area (Å²) in [6, 6.07) is 9.90. The van der Waals surface area contributed by atoms with Gasteiger partial charge in [-0.3, -0.25) is 9.69 Å². The van der Waals surface area contributed by atoms with Gasteiger partial charge in [0.15, 0.2) is 0 Å². The number of esters is 2. The second-order valence-electron chi connectivity index (χ2n) is 12.1. The number of nitrogens with zero attached hydrogens (tertiary/aromatic N) is 1. The molecule has 12 nitrogen and oxygen atoms in total. The van der Waals surface area contributed by atoms with Gasteiger partial charge < -0.3 is 20.1 Å². The Kier molecular flexibility index (Phi) is 10.4. The number of aryl methyl sites for hydroxylation is 1. The second kappa shape index (κ2) is 13.9. The van der Waals surface area contributed by atoms with E-state index in [9.17, 15) is 27.6 Å². The highest BCUT2D eigenvalue weighted by atomic mass is 32.2. The minimum Gasteiger partial charge on any atom is -0.444 e. The smallest absolute Gasteiger partial charge is 0.410 e. The van der Waals surface area contributed by atoms with Crippen molar-refractivity contribution in [2.24, 2.45) is 0 Å². The van der Waals surface area contributed by atoms with Crippen molar-refractivity contribution in [1.82, 2.24) is 14.9 Å². The Morgan fingerprint density at radius 3 is 2.43 bits per heavy atom. The predicted octanol–water partition coefficient (Wildman–Crippen LogP) is 3.04. The van der Waals surface area contributed by atoms with Crippen LogP contribution in [0, 0.1) is 6.92 Å². The molecule has 2 fully saturated rings. The van der Waals surface area contributed by atoms with E-state index in [1.807, 2.05) is 6.92 Å². The molecule has 3 N–H and O–H groups in total. The third-order valence-electron chi connectivity index (χ3n) is 7.28. The molecule has 0 aliphatic carbocycles. The van der Waals surface area contributed by atoms with Gasteiger partial charge in [-0.2, -0.15) is 4.72 Å². The van der Waals surface area contributed by atoms with Crippen LogP contribution in [0.15, 0.2) is 53.4 Å². The summed E-state index contributed by atoms with van der Waals surface area (Å²) in [7, 11) is -4.16. The third-order valence-corrected chi connectivity index (χ3v) is 8.76. The van der Waals surface area contributed by atoms with Crippen molar-refractivity contribution in [1.29, 1.82) is 0 Å². The normalized spacial score (nSPS) is 19.3. The zero-order chi connectivity index (χ0) is 32.1. The number of carbonyl (C=O) groups is 4. The van der Waals surface area contributed by atoms with Crippen LogP contribution in [-0.4, -0.2) is 74.1 Å². The van der Waals surface area contributed by atoms with Crippen LogP contribution in [0.25, 0.3) is 0 Å². The molecule has 13 heteroatoms. The molecular formula is C31H40N4O8S. The minimum atomic E-state index is -4.16. The largest absolute Gasteiger partial charge is 0.444 e. The summed E-state index contributed by atoms with van der Waals surface area (Å²) in [6.07, 6.45) is 1.67. The van der Waals surface area contributed by atoms with E-state index >= 15 is 0 Å². The number of amides is 2. The van der Waals surface area contributed by atoms with Crippen LogP contribution < -0.4 is 15.4 Å². The van der Waals surface area contributed by atoms with E-state index in [1.54, 1.807) is 57.2 Å². The number of nitrogens with one attached hydrogen (secondary N) is 3. The van der Waals surface area contributed by atoms with E-state index < -0.39 is 57.7 Å². The third kappa shape index (κ3) is 8.87. The molecule has 2 saturated heterocycles. The summed E-state index contributed by atoms with van der Waals surface area (Å²) < 4.78 is 39.4. The summed E-state index contributed by atoms with van der Waals surface area (Å²) in [5.41, 5.74) is 1.05. The zero-order valence-corrected chi connectivity index (χ0v) is 26.2. The quantitative estimate of drug-likeness (QED) is 0.280. The molecule has 2 aromatic carbocycles. The van der Waals surface area contributed by atoms with Crippen molar-refractivity contribution in [2.45, 2.75) is 88.4 Å². The van der Waals surface area contributed by atoms with E-state index in [0.29, 0.717) is 43.6 Å². The highest BCUT2D eigenvalue weighted by Gasteiger charge is 2.37. The first-order chi connectivity index (χ1) is 20.7. The first kappa shape index (κ1) is 33.1. The highest BCUT2D eigenvalue weighted by molar-refractivity contribution is 7.89. The van der Waals surface area contributed by atoms with Crippen LogP contribution in [0.4, 0.5) is 10.5 Å². The van der Waals surface area contributed by atoms with Crippen molar-refractivity contribution in [2.75, 3.05) is 18.4 Å². The van der Waals surface area contributed by atoms with Gasteiger partial charge >= 0.3 is 18.0 Å². The van der Waals surface area contributed by atoms with Crippen LogP contribution >= 0.6 is 0 Å². The average Bonchev–Trinajstić information content (AvgIpc) is 3.65. The number of likely N-dealkylation sites (tertiary alicyclic amines) is 1. The maximum absolute atomic E-state index is 13.2. The van der Waals surface area contributed by atoms with Gasteiger partial charge in [0.25, 0.3) is 0 Å². The lowest BCUT2D eigenvalue weighted by Crippen LogP contribution is -2.45. The number of benzene rings is 2. The van der Waals surface area contributed by atoms with Crippen LogP contribution in [0.3, 0.4) is 0 Å². The Labute approximate surface area is 257 Å². The Bertz CT molecular complexity index is 1480. The van der Waals surface area contributed by atoms with Crippen molar-refractivity contribution < 1.29 is 37.1 Å². The minimum absolute atomic E-state index is 0.0446. The predicted molar refractivity (Wildman–Crippen MR) is 162 cm³/mol. The van der Waals surface area contributed by atoms with Gasteiger partial charge in [0.1, 0.15) is 23.7 Å². The van der Waals surface area contributed by atoms with Gasteiger partial charge in [0.05, 0.1) is 4.90 Å². The number of sulfonamides is 1. The monoisotopic (exact) mass is 628 g/mol. The molecule has 0 bridgehead atoms. The fourth-order valence-electron chi connectivity index (χ4n) is 5.09. The fraction of sp³-hybridized carbons (Fsp3) is 0.484. The van der Waals surface area contributed by atoms with Gasteiger partial charge in [-0.05, 0) is 96.2 Å². The number of ether oxygens (including phenoxy) is 2. The summed E-state index contributed by atoms with van der Waals surface area (Å²) in [6.45, 7) is 8.10. The standard InChI is InChI=1S/C31H40N4O8S/c1-20-12-14-23(15-13-20)44(40,41)34-25(29(38)42-28(37)24-10-6-16-32-24)19-21-8-5-9-22(18-21)33-27(36)26-11-7-17-35(26)30(39)43-31(2,3)4/h5,8-9,12-15,18,24-26,32,34H,6-7,10-11,16-17,19H2,1-4H3,(H,33,36)/t24-,25-,26?/m0/s1. The Balaban J connectivity index is 1.50. The van der Waals surface area contributed by atoms with Gasteiger partial charge in [-0.1, -0.05) is 29.8 Å². The van der Waals surface area contributed by atoms with Crippen molar-refractivity contribution in [3.05, 3.63) is 59.7 Å². The van der Waals surface area contributed by atoms with E-state index in [0.717, 1.165) is 12.0 Å². The van der Waals surface area contributed by atoms with Crippen LogP contribution in [0.1, 0.15) is 57.6 Å². The molecule has 0 aromatic heterocycles. The van der Waals surface area contributed by atoms with Crippen molar-refractivity contribution in [3.63, 3.8) is 0 Å². The maximum atomic E-state index is 13.2. The number of carbonyl (C=O) groups excluding carboxylic acids is 4.